The number of nitrogens with zero attached hydrogens (tertiary/aromatic N) is 2. The maximum atomic E-state index is 13.7. The van der Waals surface area contributed by atoms with Crippen molar-refractivity contribution in [2.75, 3.05) is 25.4 Å². The molecule has 0 aliphatic rings. The topological polar surface area (TPSA) is 27.0 Å². The van der Waals surface area contributed by atoms with Gasteiger partial charge in [0.15, 0.2) is 0 Å². The summed E-state index contributed by atoms with van der Waals surface area (Å²) in [5.41, 5.74) is 0.760. The molecule has 0 saturated carbocycles. The summed E-state index contributed by atoms with van der Waals surface area (Å²) < 4.78 is 13.7. The maximum absolute atomic E-state index is 13.7. The fraction of sp³-hybridized carbons (Fsp3) is 0.500. The summed E-state index contributed by atoms with van der Waals surface area (Å²) in [5, 5.41) is 8.75. The van der Waals surface area contributed by atoms with Gasteiger partial charge < -0.3 is 4.90 Å². The largest absolute Gasteiger partial charge is 0.303 e. The van der Waals surface area contributed by atoms with Crippen LogP contribution in [0.25, 0.3) is 0 Å². The van der Waals surface area contributed by atoms with Crippen LogP contribution in [0.5, 0.6) is 0 Å². The molecule has 0 aromatic heterocycles. The highest BCUT2D eigenvalue weighted by molar-refractivity contribution is 7.98. The molecule has 0 aliphatic carbocycles. The molecule has 18 heavy (non-hydrogen) atoms. The van der Waals surface area contributed by atoms with Crippen LogP contribution in [0.4, 0.5) is 4.39 Å². The van der Waals surface area contributed by atoms with Crippen LogP contribution >= 0.6 is 11.8 Å². The molecule has 2 nitrogen and oxygen atoms in total. The SMILES string of the molecule is CCN(CC)CCSCc1cccc(C#N)c1F. The highest BCUT2D eigenvalue weighted by atomic mass is 32.2. The Balaban J connectivity index is 2.43. The third-order valence-corrected chi connectivity index (χ3v) is 3.89. The predicted molar refractivity (Wildman–Crippen MR) is 75.1 cm³/mol. The Labute approximate surface area is 113 Å². The summed E-state index contributed by atoms with van der Waals surface area (Å²) in [7, 11) is 0. The minimum atomic E-state index is -0.365. The van der Waals surface area contributed by atoms with E-state index in [1.54, 1.807) is 23.9 Å². The van der Waals surface area contributed by atoms with Crippen molar-refractivity contribution in [2.45, 2.75) is 19.6 Å². The first-order valence-corrected chi connectivity index (χ1v) is 7.36. The van der Waals surface area contributed by atoms with Crippen molar-refractivity contribution in [1.29, 1.82) is 5.26 Å². The van der Waals surface area contributed by atoms with Gasteiger partial charge in [-0.05, 0) is 24.7 Å². The van der Waals surface area contributed by atoms with Crippen LogP contribution in [0.1, 0.15) is 25.0 Å². The van der Waals surface area contributed by atoms with Crippen molar-refractivity contribution in [3.05, 3.63) is 35.1 Å². The van der Waals surface area contributed by atoms with Gasteiger partial charge in [0.25, 0.3) is 0 Å². The van der Waals surface area contributed by atoms with Crippen molar-refractivity contribution in [3.8, 4) is 6.07 Å². The van der Waals surface area contributed by atoms with E-state index in [4.69, 9.17) is 5.26 Å². The van der Waals surface area contributed by atoms with Gasteiger partial charge in [0.05, 0.1) is 5.56 Å². The first kappa shape index (κ1) is 15.0. The van der Waals surface area contributed by atoms with E-state index in [0.717, 1.165) is 25.4 Å². The first-order valence-electron chi connectivity index (χ1n) is 6.20. The Kier molecular flexibility index (Phi) is 6.77. The lowest BCUT2D eigenvalue weighted by atomic mass is 10.1. The molecular formula is C14H19FN2S. The second-order valence-corrected chi connectivity index (χ2v) is 5.08. The second kappa shape index (κ2) is 8.12. The highest BCUT2D eigenvalue weighted by Gasteiger charge is 2.07. The second-order valence-electron chi connectivity index (χ2n) is 3.97. The predicted octanol–water partition coefficient (Wildman–Crippen LogP) is 3.27. The number of hydrogen-bond acceptors (Lipinski definition) is 3. The van der Waals surface area contributed by atoms with Gasteiger partial charge in [-0.15, -0.1) is 0 Å². The monoisotopic (exact) mass is 266 g/mol. The molecule has 1 aromatic rings. The number of hydrogen-bond donors (Lipinski definition) is 0. The lowest BCUT2D eigenvalue weighted by Crippen LogP contribution is -2.25. The molecule has 0 spiro atoms. The minimum Gasteiger partial charge on any atom is -0.303 e. The molecule has 1 aromatic carbocycles. The lowest BCUT2D eigenvalue weighted by molar-refractivity contribution is 0.324. The van der Waals surface area contributed by atoms with Crippen molar-refractivity contribution < 1.29 is 4.39 Å². The van der Waals surface area contributed by atoms with Gasteiger partial charge in [0, 0.05) is 18.1 Å². The van der Waals surface area contributed by atoms with Crippen molar-refractivity contribution in [3.63, 3.8) is 0 Å². The van der Waals surface area contributed by atoms with Gasteiger partial charge in [-0.2, -0.15) is 17.0 Å². The Hall–Kier alpha value is -1.05. The van der Waals surface area contributed by atoms with Gasteiger partial charge >= 0.3 is 0 Å². The van der Waals surface area contributed by atoms with Crippen molar-refractivity contribution in [2.24, 2.45) is 0 Å². The maximum Gasteiger partial charge on any atom is 0.144 e. The zero-order chi connectivity index (χ0) is 13.4. The van der Waals surface area contributed by atoms with E-state index in [0.29, 0.717) is 11.3 Å². The first-order chi connectivity index (χ1) is 8.72. The van der Waals surface area contributed by atoms with Crippen LogP contribution < -0.4 is 0 Å². The third-order valence-electron chi connectivity index (χ3n) is 2.90. The van der Waals surface area contributed by atoms with Gasteiger partial charge in [-0.3, -0.25) is 0 Å². The van der Waals surface area contributed by atoms with E-state index in [1.807, 2.05) is 6.07 Å². The number of nitriles is 1. The molecule has 0 unspecified atom stereocenters. The smallest absolute Gasteiger partial charge is 0.144 e. The van der Waals surface area contributed by atoms with Crippen LogP contribution in [-0.2, 0) is 5.75 Å². The van der Waals surface area contributed by atoms with Crippen LogP contribution in [0, 0.1) is 17.1 Å². The quantitative estimate of drug-likeness (QED) is 0.709. The van der Waals surface area contributed by atoms with Gasteiger partial charge in [0.2, 0.25) is 0 Å². The van der Waals surface area contributed by atoms with E-state index in [9.17, 15) is 4.39 Å². The molecule has 4 heteroatoms. The molecule has 0 radical (unpaired) electrons. The number of thioether (sulfide) groups is 1. The lowest BCUT2D eigenvalue weighted by Gasteiger charge is -2.17. The summed E-state index contributed by atoms with van der Waals surface area (Å²) in [6, 6.07) is 6.87. The molecular weight excluding hydrogens is 247 g/mol. The summed E-state index contributed by atoms with van der Waals surface area (Å²) in [6.07, 6.45) is 0. The molecule has 0 atom stereocenters. The summed E-state index contributed by atoms with van der Waals surface area (Å²) in [6.45, 7) is 7.41. The Morgan fingerprint density at radius 1 is 1.33 bits per heavy atom. The average molecular weight is 266 g/mol. The van der Waals surface area contributed by atoms with Gasteiger partial charge in [-0.25, -0.2) is 4.39 Å². The molecule has 0 N–H and O–H groups in total. The van der Waals surface area contributed by atoms with E-state index < -0.39 is 0 Å². The third kappa shape index (κ3) is 4.32. The molecule has 0 fully saturated rings. The van der Waals surface area contributed by atoms with Crippen LogP contribution in [0.2, 0.25) is 0 Å². The molecule has 0 bridgehead atoms. The number of halogens is 1. The Morgan fingerprint density at radius 2 is 2.06 bits per heavy atom. The molecule has 0 amide bonds. The zero-order valence-corrected chi connectivity index (χ0v) is 11.8. The van der Waals surface area contributed by atoms with E-state index in [1.165, 1.54) is 6.07 Å². The van der Waals surface area contributed by atoms with E-state index >= 15 is 0 Å². The zero-order valence-electron chi connectivity index (χ0n) is 10.9. The fourth-order valence-electron chi connectivity index (χ4n) is 1.69. The van der Waals surface area contributed by atoms with E-state index in [2.05, 4.69) is 18.7 Å². The van der Waals surface area contributed by atoms with Crippen molar-refractivity contribution in [1.82, 2.24) is 4.90 Å². The molecule has 0 aliphatic heterocycles. The van der Waals surface area contributed by atoms with E-state index in [-0.39, 0.29) is 11.4 Å². The van der Waals surface area contributed by atoms with Crippen molar-refractivity contribution >= 4 is 11.8 Å². The molecule has 1 rings (SSSR count). The summed E-state index contributed by atoms with van der Waals surface area (Å²) in [4.78, 5) is 2.34. The van der Waals surface area contributed by atoms with Crippen LogP contribution in [-0.4, -0.2) is 30.3 Å². The number of benzene rings is 1. The number of rotatable bonds is 7. The average Bonchev–Trinajstić information content (AvgIpc) is 2.40. The Bertz CT molecular complexity index is 411. The molecule has 0 saturated heterocycles. The van der Waals surface area contributed by atoms with Gasteiger partial charge in [0.1, 0.15) is 11.9 Å². The van der Waals surface area contributed by atoms with Gasteiger partial charge in [-0.1, -0.05) is 26.0 Å². The van der Waals surface area contributed by atoms with Crippen LogP contribution in [0.15, 0.2) is 18.2 Å². The standard InChI is InChI=1S/C14H19FN2S/c1-3-17(4-2)8-9-18-11-13-7-5-6-12(10-16)14(13)15/h5-7H,3-4,8-9,11H2,1-2H3. The highest BCUT2D eigenvalue weighted by Crippen LogP contribution is 2.18. The normalized spacial score (nSPS) is 10.6. The van der Waals surface area contributed by atoms with Crippen LogP contribution in [0.3, 0.4) is 0 Å². The Morgan fingerprint density at radius 3 is 2.67 bits per heavy atom. The molecule has 0 heterocycles. The summed E-state index contributed by atoms with van der Waals surface area (Å²) >= 11 is 1.71. The minimum absolute atomic E-state index is 0.136. The summed E-state index contributed by atoms with van der Waals surface area (Å²) in [5.74, 6) is 1.25. The molecule has 98 valence electrons. The fourth-order valence-corrected chi connectivity index (χ4v) is 2.67.